The molecule has 1 saturated heterocycles. The number of nitro groups is 1. The first-order valence-corrected chi connectivity index (χ1v) is 11.9. The van der Waals surface area contributed by atoms with Gasteiger partial charge in [0.1, 0.15) is 11.3 Å². The first kappa shape index (κ1) is 25.6. The fraction of sp³-hybridized carbons (Fsp3) is 0.192. The monoisotopic (exact) mass is 519 g/mol. The molecule has 4 rings (SSSR count). The molecule has 1 aliphatic rings. The summed E-state index contributed by atoms with van der Waals surface area (Å²) in [5, 5.41) is 16.6. The van der Waals surface area contributed by atoms with E-state index in [9.17, 15) is 19.7 Å². The van der Waals surface area contributed by atoms with Crippen molar-refractivity contribution in [2.24, 2.45) is 0 Å². The molecule has 0 spiro atoms. The molecule has 0 radical (unpaired) electrons. The smallest absolute Gasteiger partial charge is 0.282 e. The molecule has 1 heterocycles. The molecule has 0 unspecified atom stereocenters. The molecule has 2 amide bonds. The quantitative estimate of drug-likeness (QED) is 0.288. The molecule has 3 aromatic rings. The second-order valence-corrected chi connectivity index (χ2v) is 8.65. The lowest BCUT2D eigenvalue weighted by atomic mass is 10.1. The predicted octanol–water partition coefficient (Wildman–Crippen LogP) is 3.69. The van der Waals surface area contributed by atoms with Crippen LogP contribution in [0.4, 0.5) is 17.1 Å². The van der Waals surface area contributed by atoms with Crippen molar-refractivity contribution in [2.75, 3.05) is 43.5 Å². The molecule has 0 aromatic heterocycles. The molecular weight excluding hydrogens is 494 g/mol. The van der Waals surface area contributed by atoms with E-state index in [1.807, 2.05) is 29.2 Å². The van der Waals surface area contributed by atoms with Crippen molar-refractivity contribution in [3.05, 3.63) is 94.0 Å². The van der Waals surface area contributed by atoms with E-state index in [0.717, 1.165) is 5.69 Å². The van der Waals surface area contributed by atoms with Gasteiger partial charge in [-0.25, -0.2) is 0 Å². The van der Waals surface area contributed by atoms with Crippen LogP contribution in [-0.2, 0) is 0 Å². The average Bonchev–Trinajstić information content (AvgIpc) is 2.93. The summed E-state index contributed by atoms with van der Waals surface area (Å²) in [5.74, 6) is 0.0457. The maximum absolute atomic E-state index is 12.8. The zero-order valence-electron chi connectivity index (χ0n) is 20.0. The molecule has 3 aromatic carbocycles. The molecule has 10 nitrogen and oxygen atoms in total. The Morgan fingerprint density at radius 3 is 2.22 bits per heavy atom. The highest BCUT2D eigenvalue weighted by atomic mass is 32.1. The number of rotatable bonds is 6. The Kier molecular flexibility index (Phi) is 7.94. The van der Waals surface area contributed by atoms with Gasteiger partial charge in [-0.3, -0.25) is 25.0 Å². The minimum atomic E-state index is -0.663. The molecule has 0 atom stereocenters. The minimum Gasteiger partial charge on any atom is -0.497 e. The number of ether oxygens (including phenoxy) is 1. The number of piperazine rings is 1. The molecule has 11 heteroatoms. The van der Waals surface area contributed by atoms with Gasteiger partial charge in [-0.15, -0.1) is 0 Å². The predicted molar refractivity (Wildman–Crippen MR) is 144 cm³/mol. The van der Waals surface area contributed by atoms with Gasteiger partial charge in [0.05, 0.1) is 12.0 Å². The largest absolute Gasteiger partial charge is 0.497 e. The molecule has 190 valence electrons. The van der Waals surface area contributed by atoms with E-state index >= 15 is 0 Å². The number of hydrogen-bond acceptors (Lipinski definition) is 7. The highest BCUT2D eigenvalue weighted by molar-refractivity contribution is 7.80. The first-order valence-electron chi connectivity index (χ1n) is 11.5. The molecular formula is C26H25N5O5S. The third-order valence-electron chi connectivity index (χ3n) is 5.97. The molecule has 1 fully saturated rings. The lowest BCUT2D eigenvalue weighted by Crippen LogP contribution is -2.48. The number of carbonyl (C=O) groups is 2. The van der Waals surface area contributed by atoms with Crippen LogP contribution in [0.3, 0.4) is 0 Å². The highest BCUT2D eigenvalue weighted by Gasteiger charge is 2.23. The number of methoxy groups -OCH3 is 1. The molecule has 0 bridgehead atoms. The van der Waals surface area contributed by atoms with Crippen molar-refractivity contribution in [3.63, 3.8) is 0 Å². The number of nitro benzene ring substituents is 1. The van der Waals surface area contributed by atoms with Gasteiger partial charge >= 0.3 is 0 Å². The first-order chi connectivity index (χ1) is 17.9. The molecule has 37 heavy (non-hydrogen) atoms. The lowest BCUT2D eigenvalue weighted by Gasteiger charge is -2.36. The zero-order valence-corrected chi connectivity index (χ0v) is 20.9. The van der Waals surface area contributed by atoms with E-state index in [4.69, 9.17) is 17.0 Å². The summed E-state index contributed by atoms with van der Waals surface area (Å²) in [7, 11) is 1.59. The summed E-state index contributed by atoms with van der Waals surface area (Å²) >= 11 is 5.20. The van der Waals surface area contributed by atoms with E-state index < -0.39 is 10.8 Å². The van der Waals surface area contributed by atoms with Crippen molar-refractivity contribution in [1.82, 2.24) is 10.2 Å². The van der Waals surface area contributed by atoms with Crippen molar-refractivity contribution >= 4 is 46.2 Å². The Morgan fingerprint density at radius 2 is 1.59 bits per heavy atom. The van der Waals surface area contributed by atoms with Crippen molar-refractivity contribution in [1.29, 1.82) is 0 Å². The number of amides is 2. The molecule has 2 N–H and O–H groups in total. The standard InChI is InChI=1S/C26H25N5O5S/c1-36-21-12-6-18(7-13-21)25(33)30-16-14-29(15-17-30)20-10-8-19(9-11-20)27-26(37)28-24(32)22-4-2-3-5-23(22)31(34)35/h2-13H,14-17H2,1H3,(H2,27,28,32,37). The van der Waals surface area contributed by atoms with E-state index in [2.05, 4.69) is 15.5 Å². The van der Waals surface area contributed by atoms with E-state index in [-0.39, 0.29) is 22.3 Å². The van der Waals surface area contributed by atoms with E-state index in [1.165, 1.54) is 18.2 Å². The second-order valence-electron chi connectivity index (χ2n) is 8.24. The van der Waals surface area contributed by atoms with Crippen LogP contribution in [0, 0.1) is 10.1 Å². The number of nitrogens with zero attached hydrogens (tertiary/aromatic N) is 3. The average molecular weight is 520 g/mol. The Bertz CT molecular complexity index is 1310. The SMILES string of the molecule is COc1ccc(C(=O)N2CCN(c3ccc(NC(=S)NC(=O)c4ccccc4[N+](=O)[O-])cc3)CC2)cc1. The normalized spacial score (nSPS) is 13.0. The number of thiocarbonyl (C=S) groups is 1. The molecule has 1 aliphatic heterocycles. The Morgan fingerprint density at radius 1 is 0.946 bits per heavy atom. The summed E-state index contributed by atoms with van der Waals surface area (Å²) in [5.41, 5.74) is 1.92. The fourth-order valence-electron chi connectivity index (χ4n) is 4.00. The second kappa shape index (κ2) is 11.5. The third-order valence-corrected chi connectivity index (χ3v) is 6.17. The minimum absolute atomic E-state index is 0.00162. The summed E-state index contributed by atoms with van der Waals surface area (Å²) in [4.78, 5) is 39.8. The number of para-hydroxylation sites is 1. The Labute approximate surface area is 219 Å². The highest BCUT2D eigenvalue weighted by Crippen LogP contribution is 2.21. The zero-order chi connectivity index (χ0) is 26.4. The summed E-state index contributed by atoms with van der Waals surface area (Å²) in [6.45, 7) is 2.59. The Hall–Kier alpha value is -4.51. The van der Waals surface area contributed by atoms with Gasteiger partial charge in [0.15, 0.2) is 5.11 Å². The summed E-state index contributed by atoms with van der Waals surface area (Å²) < 4.78 is 5.15. The van der Waals surface area contributed by atoms with Gasteiger partial charge < -0.3 is 19.9 Å². The number of carbonyl (C=O) groups excluding carboxylic acids is 2. The molecule has 0 aliphatic carbocycles. The van der Waals surface area contributed by atoms with Crippen LogP contribution in [0.1, 0.15) is 20.7 Å². The van der Waals surface area contributed by atoms with Gasteiger partial charge in [-0.1, -0.05) is 12.1 Å². The number of benzene rings is 3. The van der Waals surface area contributed by atoms with Gasteiger partial charge in [-0.2, -0.15) is 0 Å². The van der Waals surface area contributed by atoms with E-state index in [1.54, 1.807) is 37.4 Å². The number of nitrogens with one attached hydrogen (secondary N) is 2. The fourth-order valence-corrected chi connectivity index (χ4v) is 4.21. The van der Waals surface area contributed by atoms with E-state index in [0.29, 0.717) is 43.2 Å². The number of anilines is 2. The maximum atomic E-state index is 12.8. The van der Waals surface area contributed by atoms with Crippen molar-refractivity contribution in [3.8, 4) is 5.75 Å². The van der Waals surface area contributed by atoms with Crippen LogP contribution in [0.15, 0.2) is 72.8 Å². The van der Waals surface area contributed by atoms with Crippen LogP contribution >= 0.6 is 12.2 Å². The summed E-state index contributed by atoms with van der Waals surface area (Å²) in [6, 6.07) is 20.3. The maximum Gasteiger partial charge on any atom is 0.282 e. The summed E-state index contributed by atoms with van der Waals surface area (Å²) in [6.07, 6.45) is 0. The van der Waals surface area contributed by atoms with Gasteiger partial charge in [0.25, 0.3) is 17.5 Å². The van der Waals surface area contributed by atoms with Crippen LogP contribution in [0.2, 0.25) is 0 Å². The van der Waals surface area contributed by atoms with Gasteiger partial charge in [0, 0.05) is 49.2 Å². The van der Waals surface area contributed by atoms with Crippen LogP contribution in [0.5, 0.6) is 5.75 Å². The van der Waals surface area contributed by atoms with Crippen LogP contribution in [-0.4, -0.2) is 60.0 Å². The third kappa shape index (κ3) is 6.19. The van der Waals surface area contributed by atoms with Gasteiger partial charge in [-0.05, 0) is 66.8 Å². The molecule has 0 saturated carbocycles. The van der Waals surface area contributed by atoms with Crippen molar-refractivity contribution in [2.45, 2.75) is 0 Å². The van der Waals surface area contributed by atoms with Gasteiger partial charge in [0.2, 0.25) is 0 Å². The Balaban J connectivity index is 1.29. The van der Waals surface area contributed by atoms with Crippen LogP contribution < -0.4 is 20.3 Å². The van der Waals surface area contributed by atoms with Crippen molar-refractivity contribution < 1.29 is 19.2 Å². The number of hydrogen-bond donors (Lipinski definition) is 2. The topological polar surface area (TPSA) is 117 Å². The van der Waals surface area contributed by atoms with Crippen LogP contribution in [0.25, 0.3) is 0 Å². The lowest BCUT2D eigenvalue weighted by molar-refractivity contribution is -0.385.